The highest BCUT2D eigenvalue weighted by molar-refractivity contribution is 8.04. The Balaban J connectivity index is 1.52. The third-order valence-electron chi connectivity index (χ3n) is 4.58. The number of para-hydroxylation sites is 1. The van der Waals surface area contributed by atoms with Crippen molar-refractivity contribution in [1.82, 2.24) is 0 Å². The first-order chi connectivity index (χ1) is 14.1. The Labute approximate surface area is 174 Å². The van der Waals surface area contributed by atoms with Gasteiger partial charge in [0.15, 0.2) is 11.5 Å². The number of ether oxygens (including phenoxy) is 2. The Hall–Kier alpha value is -3.18. The number of aryl methyl sites for hydroxylation is 1. The van der Waals surface area contributed by atoms with Gasteiger partial charge in [0.1, 0.15) is 6.61 Å². The van der Waals surface area contributed by atoms with Crippen molar-refractivity contribution in [2.24, 2.45) is 0 Å². The second-order valence-corrected chi connectivity index (χ2v) is 7.83. The highest BCUT2D eigenvalue weighted by Gasteiger charge is 2.20. The topological polar surface area (TPSA) is 47.6 Å². The fourth-order valence-electron chi connectivity index (χ4n) is 2.99. The largest absolute Gasteiger partial charge is 0.493 e. The number of hydrogen-bond acceptors (Lipinski definition) is 4. The molecule has 0 radical (unpaired) electrons. The minimum Gasteiger partial charge on any atom is -0.493 e. The molecule has 0 aromatic heterocycles. The Morgan fingerprint density at radius 2 is 1.79 bits per heavy atom. The van der Waals surface area contributed by atoms with Gasteiger partial charge in [-0.1, -0.05) is 59.8 Å². The monoisotopic (exact) mass is 403 g/mol. The van der Waals surface area contributed by atoms with Crippen LogP contribution in [0.2, 0.25) is 0 Å². The van der Waals surface area contributed by atoms with Crippen molar-refractivity contribution in [3.8, 4) is 11.5 Å². The lowest BCUT2D eigenvalue weighted by molar-refractivity contribution is -0.112. The highest BCUT2D eigenvalue weighted by Crippen LogP contribution is 2.39. The van der Waals surface area contributed by atoms with Crippen LogP contribution in [0.4, 0.5) is 5.69 Å². The van der Waals surface area contributed by atoms with E-state index in [-0.39, 0.29) is 5.91 Å². The molecule has 0 saturated heterocycles. The number of fused-ring (bicyclic) bond motifs is 1. The zero-order valence-electron chi connectivity index (χ0n) is 16.3. The Morgan fingerprint density at radius 1 is 1.00 bits per heavy atom. The van der Waals surface area contributed by atoms with Crippen molar-refractivity contribution < 1.29 is 14.3 Å². The minimum absolute atomic E-state index is 0.104. The summed E-state index contributed by atoms with van der Waals surface area (Å²) in [5, 5.41) is 2.93. The average molecular weight is 404 g/mol. The summed E-state index contributed by atoms with van der Waals surface area (Å²) in [7, 11) is 1.61. The van der Waals surface area contributed by atoms with E-state index in [1.165, 1.54) is 17.3 Å². The predicted octanol–water partition coefficient (Wildman–Crippen LogP) is 5.67. The highest BCUT2D eigenvalue weighted by atomic mass is 32.2. The van der Waals surface area contributed by atoms with Crippen LogP contribution in [0.25, 0.3) is 6.08 Å². The molecule has 3 aromatic rings. The number of rotatable bonds is 5. The van der Waals surface area contributed by atoms with E-state index in [1.54, 1.807) is 7.11 Å². The van der Waals surface area contributed by atoms with Crippen molar-refractivity contribution in [3.63, 3.8) is 0 Å². The molecule has 146 valence electrons. The van der Waals surface area contributed by atoms with Gasteiger partial charge in [0, 0.05) is 4.90 Å². The van der Waals surface area contributed by atoms with Crippen molar-refractivity contribution in [2.75, 3.05) is 12.4 Å². The summed E-state index contributed by atoms with van der Waals surface area (Å²) >= 11 is 1.46. The molecule has 0 unspecified atom stereocenters. The number of methoxy groups -OCH3 is 1. The number of carbonyl (C=O) groups excluding carboxylic acids is 1. The summed E-state index contributed by atoms with van der Waals surface area (Å²) in [4.78, 5) is 14.1. The van der Waals surface area contributed by atoms with Gasteiger partial charge >= 0.3 is 0 Å². The summed E-state index contributed by atoms with van der Waals surface area (Å²) in [6, 6.07) is 21.7. The van der Waals surface area contributed by atoms with Crippen LogP contribution in [0.1, 0.15) is 16.7 Å². The summed E-state index contributed by atoms with van der Waals surface area (Å²) in [5.41, 5.74) is 4.03. The van der Waals surface area contributed by atoms with Gasteiger partial charge < -0.3 is 14.8 Å². The number of thioether (sulfide) groups is 1. The molecule has 1 N–H and O–H groups in total. The lowest BCUT2D eigenvalue weighted by Crippen LogP contribution is -2.17. The van der Waals surface area contributed by atoms with Crippen molar-refractivity contribution in [2.45, 2.75) is 18.4 Å². The molecule has 5 heteroatoms. The van der Waals surface area contributed by atoms with Gasteiger partial charge in [0.2, 0.25) is 0 Å². The van der Waals surface area contributed by atoms with E-state index < -0.39 is 0 Å². The molecule has 29 heavy (non-hydrogen) atoms. The third kappa shape index (κ3) is 4.46. The lowest BCUT2D eigenvalue weighted by atomic mass is 10.1. The van der Waals surface area contributed by atoms with E-state index in [4.69, 9.17) is 9.47 Å². The first-order valence-electron chi connectivity index (χ1n) is 9.29. The second-order valence-electron chi connectivity index (χ2n) is 6.75. The fraction of sp³-hybridized carbons (Fsp3) is 0.125. The Bertz CT molecular complexity index is 1070. The first-order valence-corrected chi connectivity index (χ1v) is 10.1. The van der Waals surface area contributed by atoms with E-state index in [0.29, 0.717) is 23.0 Å². The molecule has 1 amide bonds. The zero-order valence-corrected chi connectivity index (χ0v) is 17.1. The molecule has 4 nitrogen and oxygen atoms in total. The van der Waals surface area contributed by atoms with Crippen LogP contribution in [-0.2, 0) is 11.4 Å². The average Bonchev–Trinajstić information content (AvgIpc) is 2.74. The number of anilines is 1. The molecule has 0 aliphatic carbocycles. The summed E-state index contributed by atoms with van der Waals surface area (Å²) in [6.07, 6.45) is 1.86. The van der Waals surface area contributed by atoms with Gasteiger partial charge in [-0.05, 0) is 48.4 Å². The van der Waals surface area contributed by atoms with E-state index in [9.17, 15) is 4.79 Å². The Morgan fingerprint density at radius 3 is 2.59 bits per heavy atom. The maximum atomic E-state index is 12.4. The molecule has 0 fully saturated rings. The number of carbonyl (C=O) groups is 1. The van der Waals surface area contributed by atoms with Crippen LogP contribution < -0.4 is 14.8 Å². The van der Waals surface area contributed by atoms with Gasteiger partial charge in [-0.15, -0.1) is 0 Å². The van der Waals surface area contributed by atoms with Crippen molar-refractivity contribution in [3.05, 3.63) is 88.3 Å². The normalized spacial score (nSPS) is 14.3. The molecule has 0 atom stereocenters. The molecule has 1 aliphatic heterocycles. The maximum absolute atomic E-state index is 12.4. The van der Waals surface area contributed by atoms with E-state index in [2.05, 4.69) is 36.5 Å². The number of hydrogen-bond donors (Lipinski definition) is 1. The number of nitrogens with one attached hydrogen (secondary N) is 1. The maximum Gasteiger partial charge on any atom is 0.262 e. The van der Waals surface area contributed by atoms with Crippen LogP contribution in [-0.4, -0.2) is 13.0 Å². The number of amides is 1. The summed E-state index contributed by atoms with van der Waals surface area (Å²) < 4.78 is 11.4. The standard InChI is InChI=1S/C24H21NO3S/c1-16-7-9-17(10-8-16)15-28-20-12-11-18(13-21(20)27-2)14-23-24(26)25-19-5-3-4-6-22(19)29-23/h3-14H,15H2,1-2H3,(H,25,26)/b23-14-. The van der Waals surface area contributed by atoms with Gasteiger partial charge in [0.25, 0.3) is 5.91 Å². The SMILES string of the molecule is COc1cc(/C=C2\Sc3ccccc3NC2=O)ccc1OCc1ccc(C)cc1. The quantitative estimate of drug-likeness (QED) is 0.558. The summed E-state index contributed by atoms with van der Waals surface area (Å²) in [5.74, 6) is 1.20. The molecular formula is C24H21NO3S. The van der Waals surface area contributed by atoms with Crippen molar-refractivity contribution >= 4 is 29.4 Å². The van der Waals surface area contributed by atoms with Crippen LogP contribution in [0.3, 0.4) is 0 Å². The molecule has 0 bridgehead atoms. The molecule has 0 saturated carbocycles. The van der Waals surface area contributed by atoms with Crippen LogP contribution in [0.15, 0.2) is 76.5 Å². The van der Waals surface area contributed by atoms with Crippen LogP contribution in [0, 0.1) is 6.92 Å². The minimum atomic E-state index is -0.104. The van der Waals surface area contributed by atoms with Gasteiger partial charge in [0.05, 0.1) is 17.7 Å². The van der Waals surface area contributed by atoms with E-state index in [1.807, 2.05) is 48.5 Å². The molecule has 1 aliphatic rings. The van der Waals surface area contributed by atoms with E-state index in [0.717, 1.165) is 21.7 Å². The smallest absolute Gasteiger partial charge is 0.262 e. The first kappa shape index (κ1) is 19.2. The molecule has 1 heterocycles. The predicted molar refractivity (Wildman–Crippen MR) is 117 cm³/mol. The van der Waals surface area contributed by atoms with Gasteiger partial charge in [-0.2, -0.15) is 0 Å². The lowest BCUT2D eigenvalue weighted by Gasteiger charge is -2.18. The summed E-state index contributed by atoms with van der Waals surface area (Å²) in [6.45, 7) is 2.52. The third-order valence-corrected chi connectivity index (χ3v) is 5.68. The molecule has 3 aromatic carbocycles. The number of benzene rings is 3. The molecular weight excluding hydrogens is 382 g/mol. The van der Waals surface area contributed by atoms with Crippen LogP contribution in [0.5, 0.6) is 11.5 Å². The van der Waals surface area contributed by atoms with Crippen molar-refractivity contribution in [1.29, 1.82) is 0 Å². The van der Waals surface area contributed by atoms with Gasteiger partial charge in [-0.3, -0.25) is 4.79 Å². The molecule has 4 rings (SSSR count). The van der Waals surface area contributed by atoms with E-state index >= 15 is 0 Å². The molecule has 0 spiro atoms. The van der Waals surface area contributed by atoms with Crippen LogP contribution >= 0.6 is 11.8 Å². The fourth-order valence-corrected chi connectivity index (χ4v) is 3.94. The van der Waals surface area contributed by atoms with Gasteiger partial charge in [-0.25, -0.2) is 0 Å². The zero-order chi connectivity index (χ0) is 20.2. The Kier molecular flexibility index (Phi) is 5.58. The second kappa shape index (κ2) is 8.45.